The molecule has 8 aliphatic carbocycles. The van der Waals surface area contributed by atoms with Crippen molar-refractivity contribution in [2.75, 3.05) is 0 Å². The van der Waals surface area contributed by atoms with E-state index in [0.29, 0.717) is 28.7 Å². The van der Waals surface area contributed by atoms with Gasteiger partial charge >= 0.3 is 5.97 Å². The van der Waals surface area contributed by atoms with E-state index < -0.39 is 5.41 Å². The van der Waals surface area contributed by atoms with Crippen molar-refractivity contribution in [2.24, 2.45) is 46.3 Å². The predicted octanol–water partition coefficient (Wildman–Crippen LogP) is 4.78. The van der Waals surface area contributed by atoms with E-state index in [-0.39, 0.29) is 23.0 Å². The van der Waals surface area contributed by atoms with Crippen molar-refractivity contribution < 1.29 is 14.3 Å². The second-order valence-electron chi connectivity index (χ2n) is 13.4. The number of carbonyl (C=O) groups excluding carboxylic acids is 2. The normalized spacial score (nSPS) is 56.8. The summed E-state index contributed by atoms with van der Waals surface area (Å²) >= 11 is 0. The Balaban J connectivity index is 1.19. The average Bonchev–Trinajstić information content (AvgIpc) is 3.29. The number of rotatable bonds is 5. The largest absolute Gasteiger partial charge is 0.458 e. The van der Waals surface area contributed by atoms with Crippen LogP contribution in [0.5, 0.6) is 0 Å². The Labute approximate surface area is 185 Å². The summed E-state index contributed by atoms with van der Waals surface area (Å²) in [6.45, 7) is 8.00. The maximum Gasteiger partial charge on any atom is 0.315 e. The van der Waals surface area contributed by atoms with Crippen molar-refractivity contribution in [1.82, 2.24) is 5.32 Å². The molecular formula is C27H37NO3. The fourth-order valence-corrected chi connectivity index (χ4v) is 10.1. The molecule has 8 aliphatic rings. The van der Waals surface area contributed by atoms with E-state index in [1.807, 2.05) is 0 Å². The lowest BCUT2D eigenvalue weighted by atomic mass is 9.42. The molecule has 0 heterocycles. The van der Waals surface area contributed by atoms with Gasteiger partial charge in [0.1, 0.15) is 5.60 Å². The molecule has 1 N–H and O–H groups in total. The molecule has 5 unspecified atom stereocenters. The summed E-state index contributed by atoms with van der Waals surface area (Å²) in [6.07, 6.45) is 13.4. The Morgan fingerprint density at radius 1 is 0.968 bits per heavy atom. The number of carbonyl (C=O) groups is 2. The molecule has 8 rings (SSSR count). The molecule has 4 nitrogen and oxygen atoms in total. The van der Waals surface area contributed by atoms with E-state index in [2.05, 4.69) is 18.8 Å². The highest BCUT2D eigenvalue weighted by molar-refractivity contribution is 5.98. The fraction of sp³-hybridized carbons (Fsp3) is 0.852. The highest BCUT2D eigenvalue weighted by Crippen LogP contribution is 2.80. The van der Waals surface area contributed by atoms with Gasteiger partial charge in [-0.1, -0.05) is 19.9 Å². The second-order valence-corrected chi connectivity index (χ2v) is 13.4. The Kier molecular flexibility index (Phi) is 3.46. The Hall–Kier alpha value is -1.32. The van der Waals surface area contributed by atoms with Crippen LogP contribution >= 0.6 is 0 Å². The smallest absolute Gasteiger partial charge is 0.315 e. The van der Waals surface area contributed by atoms with Crippen LogP contribution < -0.4 is 5.32 Å². The summed E-state index contributed by atoms with van der Waals surface area (Å²) in [7, 11) is 0. The number of ether oxygens (including phenoxy) is 1. The van der Waals surface area contributed by atoms with Gasteiger partial charge in [0, 0.05) is 23.3 Å². The van der Waals surface area contributed by atoms with Gasteiger partial charge < -0.3 is 10.1 Å². The minimum absolute atomic E-state index is 0.0231. The Bertz CT molecular complexity index is 882. The van der Waals surface area contributed by atoms with E-state index >= 15 is 0 Å². The molecule has 1 amide bonds. The zero-order chi connectivity index (χ0) is 21.4. The van der Waals surface area contributed by atoms with Gasteiger partial charge in [-0.05, 0) is 94.3 Å². The minimum Gasteiger partial charge on any atom is -0.458 e. The number of amides is 1. The van der Waals surface area contributed by atoms with Crippen LogP contribution in [-0.2, 0) is 14.3 Å². The maximum atomic E-state index is 13.8. The van der Waals surface area contributed by atoms with Crippen molar-refractivity contribution in [2.45, 2.75) is 95.6 Å². The molecule has 8 saturated carbocycles. The Morgan fingerprint density at radius 3 is 2.23 bits per heavy atom. The molecule has 0 aromatic carbocycles. The van der Waals surface area contributed by atoms with E-state index in [1.54, 1.807) is 6.92 Å². The summed E-state index contributed by atoms with van der Waals surface area (Å²) in [6, 6.07) is 0. The monoisotopic (exact) mass is 423 g/mol. The van der Waals surface area contributed by atoms with Crippen LogP contribution in [0.2, 0.25) is 0 Å². The number of fused-ring (bicyclic) bond motifs is 3. The van der Waals surface area contributed by atoms with Crippen molar-refractivity contribution in [3.05, 3.63) is 12.2 Å². The summed E-state index contributed by atoms with van der Waals surface area (Å²) in [5.41, 5.74) is 0.0240. The first-order valence-electron chi connectivity index (χ1n) is 12.9. The van der Waals surface area contributed by atoms with Crippen molar-refractivity contribution in [1.29, 1.82) is 0 Å². The molecular weight excluding hydrogens is 386 g/mol. The third-order valence-corrected chi connectivity index (χ3v) is 11.4. The first-order valence-corrected chi connectivity index (χ1v) is 12.9. The molecule has 0 aromatic heterocycles. The molecule has 5 atom stereocenters. The summed E-state index contributed by atoms with van der Waals surface area (Å²) in [4.78, 5) is 26.0. The maximum absolute atomic E-state index is 13.8. The minimum atomic E-state index is -0.429. The van der Waals surface area contributed by atoms with Crippen LogP contribution in [0.4, 0.5) is 0 Å². The molecule has 6 bridgehead atoms. The average molecular weight is 424 g/mol. The van der Waals surface area contributed by atoms with Crippen molar-refractivity contribution in [3.63, 3.8) is 0 Å². The summed E-state index contributed by atoms with van der Waals surface area (Å²) in [5, 5.41) is 3.10. The molecule has 0 spiro atoms. The van der Waals surface area contributed by atoms with Crippen molar-refractivity contribution >= 4 is 11.9 Å². The van der Waals surface area contributed by atoms with E-state index in [4.69, 9.17) is 4.74 Å². The SMILES string of the molecule is C=C(C)C(=O)NC12CC1(C(=O)OC1(C3CC4CCC3C4)C3CC4CC1CC(C)(C4)C3)C2. The standard InChI is InChI=1S/C27H37NO3/c1-15(2)22(29)28-26-13-25(26,14-26)23(30)31-27(21-9-16-4-5-18(21)6-16)19-7-17-8-20(27)12-24(3,10-17)11-19/h16-21H,1,4-14H2,2-3H3,(H,28,29). The van der Waals surface area contributed by atoms with Crippen LogP contribution in [0.3, 0.4) is 0 Å². The second kappa shape index (κ2) is 5.59. The summed E-state index contributed by atoms with van der Waals surface area (Å²) < 4.78 is 6.92. The number of esters is 1. The van der Waals surface area contributed by atoms with Gasteiger partial charge in [0.15, 0.2) is 0 Å². The van der Waals surface area contributed by atoms with Gasteiger partial charge in [0.2, 0.25) is 5.91 Å². The third-order valence-electron chi connectivity index (χ3n) is 11.4. The van der Waals surface area contributed by atoms with Crippen LogP contribution in [0.25, 0.3) is 0 Å². The number of nitrogens with one attached hydrogen (secondary N) is 1. The zero-order valence-corrected chi connectivity index (χ0v) is 19.2. The van der Waals surface area contributed by atoms with Gasteiger partial charge in [-0.25, -0.2) is 0 Å². The fourth-order valence-electron chi connectivity index (χ4n) is 10.1. The van der Waals surface area contributed by atoms with Crippen LogP contribution in [0, 0.1) is 46.3 Å². The third kappa shape index (κ3) is 2.33. The molecule has 0 aliphatic heterocycles. The lowest BCUT2D eigenvalue weighted by molar-refractivity contribution is -0.250. The molecule has 0 radical (unpaired) electrons. The van der Waals surface area contributed by atoms with E-state index in [0.717, 1.165) is 30.6 Å². The highest BCUT2D eigenvalue weighted by Gasteiger charge is 2.90. The highest BCUT2D eigenvalue weighted by atomic mass is 16.6. The lowest BCUT2D eigenvalue weighted by Gasteiger charge is -2.66. The zero-order valence-electron chi connectivity index (χ0n) is 19.2. The van der Waals surface area contributed by atoms with E-state index in [9.17, 15) is 9.59 Å². The van der Waals surface area contributed by atoms with Gasteiger partial charge in [-0.2, -0.15) is 0 Å². The van der Waals surface area contributed by atoms with Crippen LogP contribution in [-0.4, -0.2) is 23.0 Å². The summed E-state index contributed by atoms with van der Waals surface area (Å²) in [5.74, 6) is 4.10. The van der Waals surface area contributed by atoms with Gasteiger partial charge in [0.05, 0.1) is 11.0 Å². The first kappa shape index (κ1) is 19.2. The number of hydrogen-bond donors (Lipinski definition) is 1. The topological polar surface area (TPSA) is 55.4 Å². The van der Waals surface area contributed by atoms with Crippen molar-refractivity contribution in [3.8, 4) is 0 Å². The quantitative estimate of drug-likeness (QED) is 0.512. The lowest BCUT2D eigenvalue weighted by Crippen LogP contribution is -2.66. The van der Waals surface area contributed by atoms with E-state index in [1.165, 1.54) is 57.8 Å². The predicted molar refractivity (Wildman–Crippen MR) is 117 cm³/mol. The molecule has 31 heavy (non-hydrogen) atoms. The molecule has 168 valence electrons. The number of hydrogen-bond acceptors (Lipinski definition) is 3. The molecule has 0 saturated heterocycles. The first-order chi connectivity index (χ1) is 14.7. The molecule has 0 aromatic rings. The molecule has 8 fully saturated rings. The molecule has 4 heteroatoms. The van der Waals surface area contributed by atoms with Crippen LogP contribution in [0.15, 0.2) is 12.2 Å². The Morgan fingerprint density at radius 2 is 1.68 bits per heavy atom. The van der Waals surface area contributed by atoms with Gasteiger partial charge in [0.25, 0.3) is 0 Å². The van der Waals surface area contributed by atoms with Gasteiger partial charge in [-0.15, -0.1) is 0 Å². The van der Waals surface area contributed by atoms with Crippen LogP contribution in [0.1, 0.15) is 84.5 Å². The van der Waals surface area contributed by atoms with Gasteiger partial charge in [-0.3, -0.25) is 9.59 Å².